The highest BCUT2D eigenvalue weighted by molar-refractivity contribution is 6.48. The zero-order valence-electron chi connectivity index (χ0n) is 9.40. The molecule has 0 unspecified atom stereocenters. The van der Waals surface area contributed by atoms with Gasteiger partial charge in [0, 0.05) is 5.56 Å². The molecule has 0 N–H and O–H groups in total. The van der Waals surface area contributed by atoms with Gasteiger partial charge in [-0.2, -0.15) is 13.2 Å². The quantitative estimate of drug-likeness (QED) is 0.537. The topological polar surface area (TPSA) is 12.9 Å². The van der Waals surface area contributed by atoms with Crippen molar-refractivity contribution in [1.29, 1.82) is 0 Å². The number of nitrogens with zero attached hydrogens (tertiary/aromatic N) is 1. The molecule has 0 aliphatic carbocycles. The lowest BCUT2D eigenvalue weighted by Gasteiger charge is -2.11. The molecule has 0 spiro atoms. The zero-order valence-corrected chi connectivity index (χ0v) is 12.4. The van der Waals surface area contributed by atoms with Crippen LogP contribution in [0.3, 0.4) is 0 Å². The largest absolute Gasteiger partial charge is 0.434 e. The first kappa shape index (κ1) is 15.7. The Balaban J connectivity index is 2.60. The molecule has 1 nitrogen and oxygen atoms in total. The molecule has 8 heteroatoms. The molecule has 1 aromatic carbocycles. The molecular formula is C12H4Cl4F3N. The Bertz CT molecular complexity index is 647. The summed E-state index contributed by atoms with van der Waals surface area (Å²) in [6.45, 7) is 0. The molecule has 0 aliphatic heterocycles. The molecule has 1 aromatic heterocycles. The van der Waals surface area contributed by atoms with Crippen LogP contribution in [0.25, 0.3) is 11.3 Å². The van der Waals surface area contributed by atoms with Gasteiger partial charge in [0.25, 0.3) is 0 Å². The van der Waals surface area contributed by atoms with Crippen LogP contribution in [-0.4, -0.2) is 4.98 Å². The summed E-state index contributed by atoms with van der Waals surface area (Å²) < 4.78 is 38.2. The molecule has 0 aliphatic rings. The van der Waals surface area contributed by atoms with E-state index in [1.165, 1.54) is 18.2 Å². The highest BCUT2D eigenvalue weighted by atomic mass is 35.5. The zero-order chi connectivity index (χ0) is 15.1. The maximum Gasteiger partial charge on any atom is 0.434 e. The Morgan fingerprint density at radius 3 is 1.90 bits per heavy atom. The van der Waals surface area contributed by atoms with Gasteiger partial charge in [0.2, 0.25) is 0 Å². The van der Waals surface area contributed by atoms with Crippen molar-refractivity contribution >= 4 is 46.4 Å². The lowest BCUT2D eigenvalue weighted by Crippen LogP contribution is -2.09. The number of halogens is 7. The average Bonchev–Trinajstić information content (AvgIpc) is 2.34. The number of hydrogen-bond acceptors (Lipinski definition) is 1. The predicted molar refractivity (Wildman–Crippen MR) is 74.7 cm³/mol. The summed E-state index contributed by atoms with van der Waals surface area (Å²) in [6.07, 6.45) is -4.65. The second-order valence-corrected chi connectivity index (χ2v) is 5.38. The van der Waals surface area contributed by atoms with Gasteiger partial charge in [-0.25, -0.2) is 4.98 Å². The van der Waals surface area contributed by atoms with Crippen LogP contribution >= 0.6 is 46.4 Å². The highest BCUT2D eigenvalue weighted by Crippen LogP contribution is 2.37. The van der Waals surface area contributed by atoms with Crippen molar-refractivity contribution in [3.8, 4) is 11.3 Å². The summed E-state index contributed by atoms with van der Waals surface area (Å²) in [5.41, 5.74) is -0.812. The fraction of sp³-hybridized carbons (Fsp3) is 0.0833. The Labute approximate surface area is 132 Å². The molecule has 0 fully saturated rings. The third-order valence-corrected chi connectivity index (χ3v) is 3.90. The van der Waals surface area contributed by atoms with Gasteiger partial charge in [-0.1, -0.05) is 46.4 Å². The van der Waals surface area contributed by atoms with Gasteiger partial charge in [-0.15, -0.1) is 0 Å². The molecule has 2 aromatic rings. The second kappa shape index (κ2) is 5.60. The minimum atomic E-state index is -4.65. The van der Waals surface area contributed by atoms with E-state index in [0.29, 0.717) is 5.56 Å². The van der Waals surface area contributed by atoms with E-state index in [1.54, 1.807) is 0 Å². The number of aromatic nitrogens is 1. The number of pyridine rings is 1. The summed E-state index contributed by atoms with van der Waals surface area (Å²) in [4.78, 5) is 3.51. The van der Waals surface area contributed by atoms with Crippen molar-refractivity contribution in [1.82, 2.24) is 4.98 Å². The molecule has 20 heavy (non-hydrogen) atoms. The monoisotopic (exact) mass is 359 g/mol. The first-order chi connectivity index (χ1) is 9.20. The maximum absolute atomic E-state index is 12.7. The molecule has 0 amide bonds. The summed E-state index contributed by atoms with van der Waals surface area (Å²) >= 11 is 23.0. The molecule has 0 atom stereocenters. The Kier molecular flexibility index (Phi) is 4.40. The molecule has 2 rings (SSSR count). The molecule has 1 heterocycles. The minimum Gasteiger partial charge on any atom is -0.242 e. The lowest BCUT2D eigenvalue weighted by atomic mass is 10.1. The second-order valence-electron chi connectivity index (χ2n) is 3.78. The van der Waals surface area contributed by atoms with E-state index >= 15 is 0 Å². The molecule has 0 radical (unpaired) electrons. The summed E-state index contributed by atoms with van der Waals surface area (Å²) in [7, 11) is 0. The third kappa shape index (κ3) is 3.14. The van der Waals surface area contributed by atoms with Crippen LogP contribution in [0.2, 0.25) is 20.1 Å². The van der Waals surface area contributed by atoms with Crippen LogP contribution in [-0.2, 0) is 6.18 Å². The molecule has 0 saturated carbocycles. The van der Waals surface area contributed by atoms with Crippen molar-refractivity contribution < 1.29 is 13.2 Å². The Morgan fingerprint density at radius 2 is 1.40 bits per heavy atom. The normalized spacial score (nSPS) is 11.8. The fourth-order valence-electron chi connectivity index (χ4n) is 1.51. The smallest absolute Gasteiger partial charge is 0.242 e. The molecule has 0 bridgehead atoms. The SMILES string of the molecule is FC(F)(F)c1nc(-c2cc(Cl)c(Cl)c(Cl)c2)ccc1Cl. The maximum atomic E-state index is 12.7. The van der Waals surface area contributed by atoms with Crippen molar-refractivity contribution in [2.24, 2.45) is 0 Å². The van der Waals surface area contributed by atoms with E-state index in [4.69, 9.17) is 46.4 Å². The van der Waals surface area contributed by atoms with Crippen LogP contribution in [0.5, 0.6) is 0 Å². The van der Waals surface area contributed by atoms with Crippen LogP contribution in [0, 0.1) is 0 Å². The Morgan fingerprint density at radius 1 is 0.850 bits per heavy atom. The van der Waals surface area contributed by atoms with Crippen LogP contribution in [0.15, 0.2) is 24.3 Å². The van der Waals surface area contributed by atoms with E-state index in [0.717, 1.165) is 6.07 Å². The van der Waals surface area contributed by atoms with Gasteiger partial charge >= 0.3 is 6.18 Å². The summed E-state index contributed by atoms with van der Waals surface area (Å²) in [5, 5.41) is -0.103. The lowest BCUT2D eigenvalue weighted by molar-refractivity contribution is -0.141. The molecular weight excluding hydrogens is 357 g/mol. The predicted octanol–water partition coefficient (Wildman–Crippen LogP) is 6.38. The third-order valence-electron chi connectivity index (χ3n) is 2.39. The van der Waals surface area contributed by atoms with Crippen LogP contribution < -0.4 is 0 Å². The molecule has 0 saturated heterocycles. The van der Waals surface area contributed by atoms with Gasteiger partial charge in [0.05, 0.1) is 25.8 Å². The van der Waals surface area contributed by atoms with E-state index in [1.807, 2.05) is 0 Å². The van der Waals surface area contributed by atoms with Gasteiger partial charge in [0.1, 0.15) is 0 Å². The highest BCUT2D eigenvalue weighted by Gasteiger charge is 2.35. The van der Waals surface area contributed by atoms with Crippen molar-refractivity contribution in [2.75, 3.05) is 0 Å². The number of alkyl halides is 3. The van der Waals surface area contributed by atoms with Crippen molar-refractivity contribution in [3.63, 3.8) is 0 Å². The Hall–Kier alpha value is -0.680. The first-order valence-corrected chi connectivity index (χ1v) is 6.60. The van der Waals surface area contributed by atoms with Gasteiger partial charge < -0.3 is 0 Å². The minimum absolute atomic E-state index is 0.0437. The van der Waals surface area contributed by atoms with Crippen LogP contribution in [0.4, 0.5) is 13.2 Å². The van der Waals surface area contributed by atoms with Gasteiger partial charge in [0.15, 0.2) is 5.69 Å². The van der Waals surface area contributed by atoms with Crippen molar-refractivity contribution in [2.45, 2.75) is 6.18 Å². The van der Waals surface area contributed by atoms with Gasteiger partial charge in [-0.05, 0) is 24.3 Å². The van der Waals surface area contributed by atoms with Gasteiger partial charge in [-0.3, -0.25) is 0 Å². The van der Waals surface area contributed by atoms with E-state index < -0.39 is 16.9 Å². The molecule has 106 valence electrons. The van der Waals surface area contributed by atoms with E-state index in [-0.39, 0.29) is 20.8 Å². The van der Waals surface area contributed by atoms with Crippen LogP contribution in [0.1, 0.15) is 5.69 Å². The number of rotatable bonds is 1. The fourth-order valence-corrected chi connectivity index (χ4v) is 2.31. The van der Waals surface area contributed by atoms with E-state index in [9.17, 15) is 13.2 Å². The number of hydrogen-bond donors (Lipinski definition) is 0. The summed E-state index contributed by atoms with van der Waals surface area (Å²) in [5.74, 6) is 0. The first-order valence-electron chi connectivity index (χ1n) is 5.09. The van der Waals surface area contributed by atoms with Crippen molar-refractivity contribution in [3.05, 3.63) is 50.0 Å². The summed E-state index contributed by atoms with van der Waals surface area (Å²) in [6, 6.07) is 5.22. The standard InChI is InChI=1S/C12H4Cl4F3N/c13-6-1-2-9(20-11(6)12(17,18)19)5-3-7(14)10(16)8(15)4-5/h1-4H. The van der Waals surface area contributed by atoms with E-state index in [2.05, 4.69) is 4.98 Å². The average molecular weight is 361 g/mol. The number of benzene rings is 1.